The van der Waals surface area contributed by atoms with Crippen LogP contribution in [0.15, 0.2) is 49.1 Å². The van der Waals surface area contributed by atoms with E-state index in [2.05, 4.69) is 35.8 Å². The first-order valence-corrected chi connectivity index (χ1v) is 9.27. The van der Waals surface area contributed by atoms with Crippen molar-refractivity contribution in [2.24, 2.45) is 11.7 Å². The molecule has 0 aliphatic heterocycles. The normalized spacial score (nSPS) is 8.93. The number of carbonyl (C=O) groups excluding carboxylic acids is 3. The van der Waals surface area contributed by atoms with Crippen LogP contribution in [-0.2, 0) is 28.6 Å². The van der Waals surface area contributed by atoms with Crippen LogP contribution in [0, 0.1) is 5.92 Å². The van der Waals surface area contributed by atoms with Crippen LogP contribution in [-0.4, -0.2) is 44.8 Å². The molecule has 0 unspecified atom stereocenters. The first-order chi connectivity index (χ1) is 13.5. The SMILES string of the molecule is C=C(C(=O)OCCN)C(CC)CC.C=C(C)C(=O)OC.C=CCOC(=O)C(=C)C. The van der Waals surface area contributed by atoms with Gasteiger partial charge in [-0.2, -0.15) is 0 Å². The fourth-order valence-electron chi connectivity index (χ4n) is 1.62. The molecule has 0 spiro atoms. The van der Waals surface area contributed by atoms with Gasteiger partial charge < -0.3 is 19.9 Å². The Bertz CT molecular complexity index is 562. The van der Waals surface area contributed by atoms with E-state index >= 15 is 0 Å². The average Bonchev–Trinajstić information content (AvgIpc) is 2.70. The largest absolute Gasteiger partial charge is 0.466 e. The second-order valence-electron chi connectivity index (χ2n) is 5.90. The Morgan fingerprint density at radius 2 is 1.41 bits per heavy atom. The zero-order valence-corrected chi connectivity index (χ0v) is 18.5. The van der Waals surface area contributed by atoms with Gasteiger partial charge in [-0.1, -0.05) is 46.2 Å². The van der Waals surface area contributed by atoms with E-state index in [1.54, 1.807) is 13.8 Å². The Balaban J connectivity index is -0.000000370. The minimum absolute atomic E-state index is 0.241. The number of rotatable bonds is 10. The lowest BCUT2D eigenvalue weighted by atomic mass is 9.95. The second-order valence-corrected chi connectivity index (χ2v) is 5.90. The summed E-state index contributed by atoms with van der Waals surface area (Å²) in [5.41, 5.74) is 6.63. The summed E-state index contributed by atoms with van der Waals surface area (Å²) in [5.74, 6) is -0.778. The molecule has 0 heterocycles. The van der Waals surface area contributed by atoms with Crippen molar-refractivity contribution in [3.8, 4) is 0 Å². The molecule has 7 heteroatoms. The highest BCUT2D eigenvalue weighted by atomic mass is 16.5. The van der Waals surface area contributed by atoms with E-state index < -0.39 is 0 Å². The predicted octanol–water partition coefficient (Wildman–Crippen LogP) is 3.51. The molecule has 0 amide bonds. The van der Waals surface area contributed by atoms with Crippen molar-refractivity contribution in [1.29, 1.82) is 0 Å². The minimum atomic E-state index is -0.366. The molecule has 0 aromatic heterocycles. The third-order valence-electron chi connectivity index (χ3n) is 3.31. The van der Waals surface area contributed by atoms with E-state index in [9.17, 15) is 14.4 Å². The van der Waals surface area contributed by atoms with Crippen molar-refractivity contribution in [3.63, 3.8) is 0 Å². The van der Waals surface area contributed by atoms with Crippen molar-refractivity contribution < 1.29 is 28.6 Å². The van der Waals surface area contributed by atoms with Gasteiger partial charge in [-0.25, -0.2) is 14.4 Å². The molecule has 29 heavy (non-hydrogen) atoms. The molecule has 0 rings (SSSR count). The van der Waals surface area contributed by atoms with Crippen molar-refractivity contribution >= 4 is 17.9 Å². The maximum atomic E-state index is 11.3. The van der Waals surface area contributed by atoms with Gasteiger partial charge >= 0.3 is 17.9 Å². The van der Waals surface area contributed by atoms with Crippen LogP contribution < -0.4 is 5.73 Å². The van der Waals surface area contributed by atoms with Gasteiger partial charge in [0.05, 0.1) is 7.11 Å². The molecule has 0 aliphatic carbocycles. The molecule has 0 radical (unpaired) electrons. The number of hydrogen-bond donors (Lipinski definition) is 1. The lowest BCUT2D eigenvalue weighted by molar-refractivity contribution is -0.139. The van der Waals surface area contributed by atoms with Gasteiger partial charge in [-0.15, -0.1) is 0 Å². The van der Waals surface area contributed by atoms with E-state index in [-0.39, 0.29) is 37.0 Å². The molecule has 0 fully saturated rings. The van der Waals surface area contributed by atoms with E-state index in [1.165, 1.54) is 13.2 Å². The summed E-state index contributed by atoms with van der Waals surface area (Å²) in [4.78, 5) is 32.0. The molecule has 166 valence electrons. The fraction of sp³-hybridized carbons (Fsp3) is 0.500. The van der Waals surface area contributed by atoms with Crippen LogP contribution in [0.25, 0.3) is 0 Å². The highest BCUT2D eigenvalue weighted by molar-refractivity contribution is 5.88. The molecule has 0 bridgehead atoms. The molecule has 7 nitrogen and oxygen atoms in total. The first-order valence-electron chi connectivity index (χ1n) is 9.27. The standard InChI is InChI=1S/C10H19NO2.C7H10O2.C5H8O2/c1-4-9(5-2)8(3)10(12)13-7-6-11;1-4-5-9-7(8)6(2)3;1-4(2)5(6)7-3/h9H,3-7,11H2,1-2H3;4H,1-2,5H2,3H3;1H2,2-3H3. The van der Waals surface area contributed by atoms with Crippen molar-refractivity contribution in [2.45, 2.75) is 40.5 Å². The average molecular weight is 412 g/mol. The monoisotopic (exact) mass is 411 g/mol. The van der Waals surface area contributed by atoms with Crippen LogP contribution in [0.5, 0.6) is 0 Å². The number of esters is 3. The molecule has 0 aliphatic rings. The van der Waals surface area contributed by atoms with Gasteiger partial charge in [0.1, 0.15) is 13.2 Å². The second kappa shape index (κ2) is 20.1. The number of hydrogen-bond acceptors (Lipinski definition) is 7. The van der Waals surface area contributed by atoms with Gasteiger partial charge in [-0.05, 0) is 32.6 Å². The summed E-state index contributed by atoms with van der Waals surface area (Å²) in [5, 5.41) is 0. The zero-order chi connectivity index (χ0) is 23.4. The molecule has 0 saturated carbocycles. The zero-order valence-electron chi connectivity index (χ0n) is 18.5. The first kappa shape index (κ1) is 31.0. The third-order valence-corrected chi connectivity index (χ3v) is 3.31. The lowest BCUT2D eigenvalue weighted by Gasteiger charge is -2.14. The fourth-order valence-corrected chi connectivity index (χ4v) is 1.62. The quantitative estimate of drug-likeness (QED) is 0.254. The van der Waals surface area contributed by atoms with Gasteiger partial charge in [0.15, 0.2) is 0 Å². The Labute approximate surface area is 175 Å². The topological polar surface area (TPSA) is 105 Å². The van der Waals surface area contributed by atoms with E-state index in [1.807, 2.05) is 13.8 Å². The highest BCUT2D eigenvalue weighted by Gasteiger charge is 2.16. The summed E-state index contributed by atoms with van der Waals surface area (Å²) in [6.07, 6.45) is 3.36. The van der Waals surface area contributed by atoms with Crippen LogP contribution >= 0.6 is 0 Å². The maximum Gasteiger partial charge on any atom is 0.333 e. The van der Waals surface area contributed by atoms with Gasteiger partial charge in [0.2, 0.25) is 0 Å². The summed E-state index contributed by atoms with van der Waals surface area (Å²) in [6, 6.07) is 0. The molecular weight excluding hydrogens is 374 g/mol. The summed E-state index contributed by atoms with van der Waals surface area (Å²) in [7, 11) is 1.33. The Hall–Kier alpha value is -2.67. The van der Waals surface area contributed by atoms with E-state index in [0.717, 1.165) is 12.8 Å². The minimum Gasteiger partial charge on any atom is -0.466 e. The number of methoxy groups -OCH3 is 1. The van der Waals surface area contributed by atoms with Gasteiger partial charge in [-0.3, -0.25) is 0 Å². The summed E-state index contributed by atoms with van der Waals surface area (Å²) >= 11 is 0. The number of ether oxygens (including phenoxy) is 3. The van der Waals surface area contributed by atoms with Crippen molar-refractivity contribution in [3.05, 3.63) is 49.1 Å². The van der Waals surface area contributed by atoms with Crippen LogP contribution in [0.2, 0.25) is 0 Å². The lowest BCUT2D eigenvalue weighted by Crippen LogP contribution is -2.18. The molecular formula is C22H37NO6. The Kier molecular flexibility index (Phi) is 21.5. The molecule has 0 saturated heterocycles. The van der Waals surface area contributed by atoms with Crippen molar-refractivity contribution in [2.75, 3.05) is 26.9 Å². The van der Waals surface area contributed by atoms with E-state index in [0.29, 0.717) is 23.3 Å². The predicted molar refractivity (Wildman–Crippen MR) is 116 cm³/mol. The molecule has 0 aromatic rings. The van der Waals surface area contributed by atoms with E-state index in [4.69, 9.17) is 10.5 Å². The molecule has 0 aromatic carbocycles. The van der Waals surface area contributed by atoms with Crippen LogP contribution in [0.1, 0.15) is 40.5 Å². The highest BCUT2D eigenvalue weighted by Crippen LogP contribution is 2.18. The third kappa shape index (κ3) is 18.5. The smallest absolute Gasteiger partial charge is 0.333 e. The Morgan fingerprint density at radius 1 is 0.931 bits per heavy atom. The number of nitrogens with two attached hydrogens (primary N) is 1. The van der Waals surface area contributed by atoms with Gasteiger partial charge in [0, 0.05) is 23.3 Å². The van der Waals surface area contributed by atoms with Crippen LogP contribution in [0.4, 0.5) is 0 Å². The molecule has 2 N–H and O–H groups in total. The summed E-state index contributed by atoms with van der Waals surface area (Å²) < 4.78 is 13.7. The molecule has 0 atom stereocenters. The van der Waals surface area contributed by atoms with Crippen LogP contribution in [0.3, 0.4) is 0 Å². The summed E-state index contributed by atoms with van der Waals surface area (Å²) in [6.45, 7) is 22.0. The van der Waals surface area contributed by atoms with Crippen molar-refractivity contribution in [1.82, 2.24) is 0 Å². The maximum absolute atomic E-state index is 11.3. The number of carbonyl (C=O) groups is 3. The Morgan fingerprint density at radius 3 is 1.69 bits per heavy atom. The van der Waals surface area contributed by atoms with Gasteiger partial charge in [0.25, 0.3) is 0 Å².